The van der Waals surface area contributed by atoms with Crippen molar-refractivity contribution in [3.8, 4) is 0 Å². The average molecular weight is 255 g/mol. The lowest BCUT2D eigenvalue weighted by molar-refractivity contribution is -0.133. The molecule has 0 radical (unpaired) electrons. The van der Waals surface area contributed by atoms with Gasteiger partial charge in [0.05, 0.1) is 6.54 Å². The van der Waals surface area contributed by atoms with Gasteiger partial charge in [0.2, 0.25) is 11.8 Å². The molecule has 1 fully saturated rings. The molecule has 2 N–H and O–H groups in total. The van der Waals surface area contributed by atoms with Crippen molar-refractivity contribution in [3.05, 3.63) is 0 Å². The van der Waals surface area contributed by atoms with Crippen molar-refractivity contribution in [2.24, 2.45) is 11.7 Å². The van der Waals surface area contributed by atoms with Gasteiger partial charge >= 0.3 is 0 Å². The van der Waals surface area contributed by atoms with E-state index in [0.717, 1.165) is 32.5 Å². The highest BCUT2D eigenvalue weighted by Crippen LogP contribution is 2.18. The van der Waals surface area contributed by atoms with E-state index in [0.29, 0.717) is 5.92 Å². The van der Waals surface area contributed by atoms with Crippen molar-refractivity contribution in [1.29, 1.82) is 0 Å². The minimum atomic E-state index is 0.0126. The van der Waals surface area contributed by atoms with Crippen molar-refractivity contribution >= 4 is 11.8 Å². The lowest BCUT2D eigenvalue weighted by Gasteiger charge is -2.36. The Hall–Kier alpha value is -1.10. The first-order chi connectivity index (χ1) is 8.45. The van der Waals surface area contributed by atoms with Crippen LogP contribution < -0.4 is 5.73 Å². The van der Waals surface area contributed by atoms with Crippen LogP contribution in [0.25, 0.3) is 0 Å². The number of carbonyl (C=O) groups excluding carboxylic acids is 2. The number of rotatable bonds is 4. The highest BCUT2D eigenvalue weighted by atomic mass is 16.2. The summed E-state index contributed by atoms with van der Waals surface area (Å²) < 4.78 is 0. The third-order valence-corrected chi connectivity index (χ3v) is 3.53. The third-order valence-electron chi connectivity index (χ3n) is 3.53. The number of hydrogen-bond acceptors (Lipinski definition) is 3. The minimum absolute atomic E-state index is 0.0126. The van der Waals surface area contributed by atoms with E-state index in [-0.39, 0.29) is 24.4 Å². The first kappa shape index (κ1) is 15.0. The molecule has 0 aromatic carbocycles. The zero-order chi connectivity index (χ0) is 13.7. The molecule has 0 spiro atoms. The minimum Gasteiger partial charge on any atom is -0.341 e. The topological polar surface area (TPSA) is 66.6 Å². The summed E-state index contributed by atoms with van der Waals surface area (Å²) in [6.07, 6.45) is 2.07. The molecule has 1 saturated heterocycles. The summed E-state index contributed by atoms with van der Waals surface area (Å²) in [5.41, 5.74) is 5.39. The van der Waals surface area contributed by atoms with Gasteiger partial charge in [-0.15, -0.1) is 0 Å². The highest BCUT2D eigenvalue weighted by Gasteiger charge is 2.26. The maximum Gasteiger partial charge on any atom is 0.236 e. The second-order valence-electron chi connectivity index (χ2n) is 5.32. The van der Waals surface area contributed by atoms with E-state index in [1.807, 2.05) is 23.6 Å². The van der Waals surface area contributed by atoms with Gasteiger partial charge in [-0.3, -0.25) is 9.59 Å². The molecule has 1 aliphatic rings. The van der Waals surface area contributed by atoms with E-state index < -0.39 is 0 Å². The van der Waals surface area contributed by atoms with Crippen molar-refractivity contribution in [1.82, 2.24) is 9.80 Å². The Morgan fingerprint density at radius 2 is 2.11 bits per heavy atom. The van der Waals surface area contributed by atoms with Gasteiger partial charge in [-0.1, -0.05) is 0 Å². The fourth-order valence-corrected chi connectivity index (χ4v) is 2.55. The summed E-state index contributed by atoms with van der Waals surface area (Å²) in [6.45, 7) is 7.99. The molecule has 18 heavy (non-hydrogen) atoms. The quantitative estimate of drug-likeness (QED) is 0.792. The molecule has 1 rings (SSSR count). The zero-order valence-corrected chi connectivity index (χ0v) is 11.7. The third kappa shape index (κ3) is 3.98. The molecule has 0 saturated carbocycles. The molecular weight excluding hydrogens is 230 g/mol. The SMILES string of the molecule is CC(=O)N(C[C@@H]1CCCN(C(=O)CN)C1)C(C)C. The van der Waals surface area contributed by atoms with Crippen molar-refractivity contribution in [2.45, 2.75) is 39.7 Å². The Kier molecular flexibility index (Phi) is 5.59. The molecular formula is C13H25N3O2. The molecule has 2 amide bonds. The maximum atomic E-state index is 11.6. The normalized spacial score (nSPS) is 20.1. The fourth-order valence-electron chi connectivity index (χ4n) is 2.55. The van der Waals surface area contributed by atoms with Gasteiger partial charge in [0.25, 0.3) is 0 Å². The van der Waals surface area contributed by atoms with Crippen LogP contribution in [0, 0.1) is 5.92 Å². The Morgan fingerprint density at radius 1 is 1.44 bits per heavy atom. The number of likely N-dealkylation sites (tertiary alicyclic amines) is 1. The summed E-state index contributed by atoms with van der Waals surface area (Å²) in [5, 5.41) is 0. The van der Waals surface area contributed by atoms with Crippen LogP contribution in [0.15, 0.2) is 0 Å². The van der Waals surface area contributed by atoms with Gasteiger partial charge in [-0.05, 0) is 32.6 Å². The molecule has 0 unspecified atom stereocenters. The van der Waals surface area contributed by atoms with Crippen molar-refractivity contribution < 1.29 is 9.59 Å². The van der Waals surface area contributed by atoms with Crippen molar-refractivity contribution in [3.63, 3.8) is 0 Å². The van der Waals surface area contributed by atoms with E-state index in [1.54, 1.807) is 6.92 Å². The first-order valence-electron chi connectivity index (χ1n) is 6.70. The van der Waals surface area contributed by atoms with Crippen LogP contribution in [-0.4, -0.2) is 53.8 Å². The Bertz CT molecular complexity index is 305. The van der Waals surface area contributed by atoms with Gasteiger partial charge in [0.1, 0.15) is 0 Å². The number of amides is 2. The second kappa shape index (κ2) is 6.73. The van der Waals surface area contributed by atoms with Crippen molar-refractivity contribution in [2.75, 3.05) is 26.2 Å². The largest absolute Gasteiger partial charge is 0.341 e. The number of piperidine rings is 1. The lowest BCUT2D eigenvalue weighted by Crippen LogP contribution is -2.47. The maximum absolute atomic E-state index is 11.6. The summed E-state index contributed by atoms with van der Waals surface area (Å²) in [5.74, 6) is 0.492. The highest BCUT2D eigenvalue weighted by molar-refractivity contribution is 5.78. The van der Waals surface area contributed by atoms with Crippen LogP contribution in [0.3, 0.4) is 0 Å². The van der Waals surface area contributed by atoms with Crippen LogP contribution >= 0.6 is 0 Å². The molecule has 1 atom stereocenters. The number of carbonyl (C=O) groups is 2. The molecule has 0 aliphatic carbocycles. The van der Waals surface area contributed by atoms with E-state index in [4.69, 9.17) is 5.73 Å². The molecule has 0 bridgehead atoms. The van der Waals surface area contributed by atoms with Gasteiger partial charge < -0.3 is 15.5 Å². The molecule has 0 aromatic rings. The molecule has 1 aliphatic heterocycles. The number of hydrogen-bond donors (Lipinski definition) is 1. The van der Waals surface area contributed by atoms with Crippen LogP contribution in [0.4, 0.5) is 0 Å². The second-order valence-corrected chi connectivity index (χ2v) is 5.32. The van der Waals surface area contributed by atoms with Gasteiger partial charge in [0.15, 0.2) is 0 Å². The van der Waals surface area contributed by atoms with Crippen LogP contribution in [0.5, 0.6) is 0 Å². The Balaban J connectivity index is 2.56. The van der Waals surface area contributed by atoms with Crippen LogP contribution in [-0.2, 0) is 9.59 Å². The monoisotopic (exact) mass is 255 g/mol. The number of nitrogens with zero attached hydrogens (tertiary/aromatic N) is 2. The summed E-state index contributed by atoms with van der Waals surface area (Å²) in [6, 6.07) is 0.211. The molecule has 5 nitrogen and oxygen atoms in total. The zero-order valence-electron chi connectivity index (χ0n) is 11.7. The van der Waals surface area contributed by atoms with E-state index >= 15 is 0 Å². The predicted molar refractivity (Wildman–Crippen MR) is 70.9 cm³/mol. The van der Waals surface area contributed by atoms with E-state index in [9.17, 15) is 9.59 Å². The van der Waals surface area contributed by atoms with Gasteiger partial charge in [-0.25, -0.2) is 0 Å². The fraction of sp³-hybridized carbons (Fsp3) is 0.846. The lowest BCUT2D eigenvalue weighted by atomic mass is 9.96. The molecule has 1 heterocycles. The average Bonchev–Trinajstić information content (AvgIpc) is 2.34. The van der Waals surface area contributed by atoms with Crippen LogP contribution in [0.1, 0.15) is 33.6 Å². The predicted octanol–water partition coefficient (Wildman–Crippen LogP) is 0.441. The molecule has 5 heteroatoms. The molecule has 104 valence electrons. The summed E-state index contributed by atoms with van der Waals surface area (Å²) >= 11 is 0. The first-order valence-corrected chi connectivity index (χ1v) is 6.70. The standard InChI is InChI=1S/C13H25N3O2/c1-10(2)16(11(3)17)9-12-5-4-6-15(8-12)13(18)7-14/h10,12H,4-9,14H2,1-3H3/t12-/m1/s1. The van der Waals surface area contributed by atoms with E-state index in [1.165, 1.54) is 0 Å². The summed E-state index contributed by atoms with van der Waals surface area (Å²) in [4.78, 5) is 26.8. The molecule has 0 aromatic heterocycles. The van der Waals surface area contributed by atoms with Gasteiger partial charge in [-0.2, -0.15) is 0 Å². The number of nitrogens with two attached hydrogens (primary N) is 1. The Morgan fingerprint density at radius 3 is 2.61 bits per heavy atom. The smallest absolute Gasteiger partial charge is 0.236 e. The van der Waals surface area contributed by atoms with E-state index in [2.05, 4.69) is 0 Å². The van der Waals surface area contributed by atoms with Crippen LogP contribution in [0.2, 0.25) is 0 Å². The summed E-state index contributed by atoms with van der Waals surface area (Å²) in [7, 11) is 0. The Labute approximate surface area is 109 Å². The van der Waals surface area contributed by atoms with Gasteiger partial charge in [0, 0.05) is 32.6 Å².